The highest BCUT2D eigenvalue weighted by atomic mass is 32.2. The topological polar surface area (TPSA) is 55.0 Å². The molecule has 114 valence electrons. The molecule has 0 fully saturated rings. The largest absolute Gasteiger partial charge is 0.438 e. The Labute approximate surface area is 137 Å². The molecule has 0 unspecified atom stereocenters. The van der Waals surface area contributed by atoms with E-state index in [2.05, 4.69) is 9.97 Å². The van der Waals surface area contributed by atoms with Crippen LogP contribution in [0.15, 0.2) is 58.2 Å². The van der Waals surface area contributed by atoms with Gasteiger partial charge in [-0.3, -0.25) is 4.79 Å². The van der Waals surface area contributed by atoms with Gasteiger partial charge in [0.05, 0.1) is 5.56 Å². The number of para-hydroxylation sites is 1. The summed E-state index contributed by atoms with van der Waals surface area (Å²) in [5.41, 5.74) is 2.30. The molecule has 0 atom stereocenters. The fourth-order valence-corrected chi connectivity index (χ4v) is 3.06. The lowest BCUT2D eigenvalue weighted by Crippen LogP contribution is -2.20. The summed E-state index contributed by atoms with van der Waals surface area (Å²) < 4.78 is 5.83. The Balaban J connectivity index is 1.78. The lowest BCUT2D eigenvalue weighted by molar-refractivity contribution is 0.438. The second-order valence-corrected chi connectivity index (χ2v) is 6.19. The van der Waals surface area contributed by atoms with Crippen LogP contribution < -0.4 is 10.3 Å². The third kappa shape index (κ3) is 2.53. The zero-order valence-electron chi connectivity index (χ0n) is 12.5. The van der Waals surface area contributed by atoms with Crippen molar-refractivity contribution in [3.05, 3.63) is 70.0 Å². The highest BCUT2D eigenvalue weighted by molar-refractivity contribution is 7.98. The van der Waals surface area contributed by atoms with Crippen molar-refractivity contribution in [3.63, 3.8) is 0 Å². The second-order valence-electron chi connectivity index (χ2n) is 5.31. The minimum Gasteiger partial charge on any atom is -0.438 e. The second kappa shape index (κ2) is 5.59. The first-order valence-electron chi connectivity index (χ1n) is 7.28. The van der Waals surface area contributed by atoms with Gasteiger partial charge in [0.2, 0.25) is 5.88 Å². The summed E-state index contributed by atoms with van der Waals surface area (Å²) in [6, 6.07) is 15.6. The Morgan fingerprint density at radius 2 is 1.91 bits per heavy atom. The number of hydrogen-bond acceptors (Lipinski definition) is 4. The highest BCUT2D eigenvalue weighted by Gasteiger charge is 2.22. The van der Waals surface area contributed by atoms with Gasteiger partial charge in [0.1, 0.15) is 11.6 Å². The van der Waals surface area contributed by atoms with E-state index in [-0.39, 0.29) is 5.56 Å². The number of fused-ring (bicyclic) bond motifs is 2. The van der Waals surface area contributed by atoms with E-state index in [0.717, 1.165) is 16.9 Å². The number of ether oxygens (including phenoxy) is 1. The van der Waals surface area contributed by atoms with Crippen molar-refractivity contribution in [2.75, 3.05) is 6.26 Å². The fraction of sp³-hybridized carbons (Fsp3) is 0.111. The Bertz CT molecular complexity index is 932. The summed E-state index contributed by atoms with van der Waals surface area (Å²) in [5.74, 6) is 1.69. The van der Waals surface area contributed by atoms with Crippen LogP contribution in [-0.2, 0) is 6.42 Å². The summed E-state index contributed by atoms with van der Waals surface area (Å²) in [7, 11) is 0. The first-order valence-corrected chi connectivity index (χ1v) is 8.50. The van der Waals surface area contributed by atoms with Crippen molar-refractivity contribution in [1.82, 2.24) is 9.97 Å². The summed E-state index contributed by atoms with van der Waals surface area (Å²) in [5, 5.41) is 0. The Morgan fingerprint density at radius 3 is 2.70 bits per heavy atom. The highest BCUT2D eigenvalue weighted by Crippen LogP contribution is 2.34. The van der Waals surface area contributed by atoms with Crippen LogP contribution in [0.4, 0.5) is 0 Å². The maximum Gasteiger partial charge on any atom is 0.258 e. The van der Waals surface area contributed by atoms with Gasteiger partial charge < -0.3 is 9.72 Å². The molecule has 1 aromatic heterocycles. The van der Waals surface area contributed by atoms with Gasteiger partial charge in [-0.05, 0) is 30.0 Å². The number of aromatic nitrogens is 2. The van der Waals surface area contributed by atoms with Crippen molar-refractivity contribution in [2.24, 2.45) is 0 Å². The minimum absolute atomic E-state index is 0.145. The quantitative estimate of drug-likeness (QED) is 0.569. The molecule has 5 heteroatoms. The van der Waals surface area contributed by atoms with E-state index in [4.69, 9.17) is 4.74 Å². The maximum atomic E-state index is 12.4. The van der Waals surface area contributed by atoms with Crippen LogP contribution in [-0.4, -0.2) is 16.2 Å². The van der Waals surface area contributed by atoms with Gasteiger partial charge in [-0.2, -0.15) is 4.98 Å². The van der Waals surface area contributed by atoms with Crippen molar-refractivity contribution < 1.29 is 4.74 Å². The summed E-state index contributed by atoms with van der Waals surface area (Å²) in [4.78, 5) is 21.0. The fourth-order valence-electron chi connectivity index (χ4n) is 2.65. The summed E-state index contributed by atoms with van der Waals surface area (Å²) >= 11 is 1.67. The van der Waals surface area contributed by atoms with Crippen LogP contribution in [0.25, 0.3) is 11.4 Å². The zero-order valence-corrected chi connectivity index (χ0v) is 13.3. The van der Waals surface area contributed by atoms with E-state index in [0.29, 0.717) is 23.7 Å². The van der Waals surface area contributed by atoms with Gasteiger partial charge in [0.25, 0.3) is 5.56 Å². The molecule has 23 heavy (non-hydrogen) atoms. The third-order valence-electron chi connectivity index (χ3n) is 3.89. The van der Waals surface area contributed by atoms with E-state index in [1.807, 2.05) is 54.8 Å². The third-order valence-corrected chi connectivity index (χ3v) is 4.63. The molecule has 3 aromatic rings. The lowest BCUT2D eigenvalue weighted by atomic mass is 10.0. The van der Waals surface area contributed by atoms with Crippen LogP contribution in [0.2, 0.25) is 0 Å². The molecule has 2 heterocycles. The molecule has 0 saturated heterocycles. The van der Waals surface area contributed by atoms with Crippen LogP contribution in [0.1, 0.15) is 11.1 Å². The van der Waals surface area contributed by atoms with E-state index < -0.39 is 0 Å². The summed E-state index contributed by atoms with van der Waals surface area (Å²) in [6.45, 7) is 0. The molecular formula is C18H14N2O2S. The number of thioether (sulfide) groups is 1. The number of nitrogens with one attached hydrogen (secondary N) is 1. The van der Waals surface area contributed by atoms with Crippen LogP contribution in [0.3, 0.4) is 0 Å². The smallest absolute Gasteiger partial charge is 0.258 e. The molecule has 0 spiro atoms. The molecule has 0 bridgehead atoms. The molecule has 0 saturated carbocycles. The molecule has 4 rings (SSSR count). The van der Waals surface area contributed by atoms with Gasteiger partial charge in [-0.15, -0.1) is 11.8 Å². The predicted octanol–water partition coefficient (Wildman–Crippen LogP) is 3.86. The summed E-state index contributed by atoms with van der Waals surface area (Å²) in [6.07, 6.45) is 2.57. The first kappa shape index (κ1) is 14.1. The minimum atomic E-state index is -0.145. The molecule has 0 radical (unpaired) electrons. The molecule has 1 aliphatic heterocycles. The van der Waals surface area contributed by atoms with Gasteiger partial charge in [0, 0.05) is 16.9 Å². The predicted molar refractivity (Wildman–Crippen MR) is 91.4 cm³/mol. The number of rotatable bonds is 2. The van der Waals surface area contributed by atoms with E-state index in [9.17, 15) is 4.79 Å². The van der Waals surface area contributed by atoms with E-state index in [1.165, 1.54) is 4.90 Å². The molecule has 2 aromatic carbocycles. The number of hydrogen-bond donors (Lipinski definition) is 1. The van der Waals surface area contributed by atoms with Gasteiger partial charge in [0.15, 0.2) is 0 Å². The molecule has 4 nitrogen and oxygen atoms in total. The van der Waals surface area contributed by atoms with Crippen molar-refractivity contribution in [3.8, 4) is 23.0 Å². The Hall–Kier alpha value is -2.53. The number of aromatic amines is 1. The molecule has 0 aliphatic carbocycles. The standard InChI is InChI=1S/C18H14N2O2S/c1-23-13-8-6-11(7-9-13)16-19-17(21)14-10-12-4-2-3-5-15(12)22-18(14)20-16/h2-9H,10H2,1H3,(H,19,20,21). The monoisotopic (exact) mass is 322 g/mol. The molecule has 1 N–H and O–H groups in total. The Kier molecular flexibility index (Phi) is 3.42. The first-order chi connectivity index (χ1) is 11.2. The van der Waals surface area contributed by atoms with E-state index in [1.54, 1.807) is 11.8 Å². The number of nitrogens with zero attached hydrogens (tertiary/aromatic N) is 1. The SMILES string of the molecule is CSc1ccc(-c2nc3c(c(=O)[nH]2)Cc2ccccc2O3)cc1. The average Bonchev–Trinajstić information content (AvgIpc) is 2.60. The number of benzene rings is 2. The van der Waals surface area contributed by atoms with Gasteiger partial charge in [-0.1, -0.05) is 30.3 Å². The molecule has 0 amide bonds. The van der Waals surface area contributed by atoms with E-state index >= 15 is 0 Å². The maximum absolute atomic E-state index is 12.4. The van der Waals surface area contributed by atoms with Crippen molar-refractivity contribution in [1.29, 1.82) is 0 Å². The van der Waals surface area contributed by atoms with Crippen molar-refractivity contribution >= 4 is 11.8 Å². The normalized spacial score (nSPS) is 12.2. The molecule has 1 aliphatic rings. The van der Waals surface area contributed by atoms with Gasteiger partial charge in [-0.25, -0.2) is 0 Å². The lowest BCUT2D eigenvalue weighted by Gasteiger charge is -2.18. The number of H-pyrrole nitrogens is 1. The average molecular weight is 322 g/mol. The zero-order chi connectivity index (χ0) is 15.8. The Morgan fingerprint density at radius 1 is 1.13 bits per heavy atom. The molecular weight excluding hydrogens is 308 g/mol. The van der Waals surface area contributed by atoms with Crippen LogP contribution in [0.5, 0.6) is 11.6 Å². The van der Waals surface area contributed by atoms with Crippen molar-refractivity contribution in [2.45, 2.75) is 11.3 Å². The van der Waals surface area contributed by atoms with Crippen LogP contribution in [0, 0.1) is 0 Å². The van der Waals surface area contributed by atoms with Gasteiger partial charge >= 0.3 is 0 Å². The van der Waals surface area contributed by atoms with Crippen LogP contribution >= 0.6 is 11.8 Å².